The second-order valence-electron chi connectivity index (χ2n) is 5.05. The Morgan fingerprint density at radius 3 is 2.75 bits per heavy atom. The van der Waals surface area contributed by atoms with Crippen LogP contribution in [-0.4, -0.2) is 28.4 Å². The first-order valence-electron chi connectivity index (χ1n) is 6.60. The molecule has 1 atom stereocenters. The number of primary amides is 1. The van der Waals surface area contributed by atoms with Crippen LogP contribution in [0.2, 0.25) is 5.02 Å². The third kappa shape index (κ3) is 3.48. The highest BCUT2D eigenvalue weighted by molar-refractivity contribution is 7.80. The Kier molecular flexibility index (Phi) is 4.96. The Morgan fingerprint density at radius 2 is 2.15 bits per heavy atom. The van der Waals surface area contributed by atoms with Crippen LogP contribution in [0.5, 0.6) is 0 Å². The summed E-state index contributed by atoms with van der Waals surface area (Å²) in [5, 5.41) is 0.615. The highest BCUT2D eigenvalue weighted by atomic mass is 35.5. The van der Waals surface area contributed by atoms with Gasteiger partial charge in [-0.1, -0.05) is 42.4 Å². The SMILES string of the molecule is NC(=O)C1CCCCN1Cc1ccc(C(N)=S)cc1Cl. The van der Waals surface area contributed by atoms with E-state index in [-0.39, 0.29) is 11.9 Å². The number of halogens is 1. The van der Waals surface area contributed by atoms with Crippen molar-refractivity contribution >= 4 is 34.7 Å². The number of nitrogens with two attached hydrogens (primary N) is 2. The van der Waals surface area contributed by atoms with Crippen LogP contribution in [0.1, 0.15) is 30.4 Å². The molecule has 0 aliphatic carbocycles. The number of carbonyl (C=O) groups excluding carboxylic acids is 1. The zero-order valence-electron chi connectivity index (χ0n) is 11.1. The summed E-state index contributed by atoms with van der Waals surface area (Å²) in [5.74, 6) is -0.263. The number of hydrogen-bond acceptors (Lipinski definition) is 3. The molecule has 108 valence electrons. The zero-order chi connectivity index (χ0) is 14.7. The van der Waals surface area contributed by atoms with Crippen molar-refractivity contribution < 1.29 is 4.79 Å². The fourth-order valence-corrected chi connectivity index (χ4v) is 2.92. The van der Waals surface area contributed by atoms with E-state index < -0.39 is 0 Å². The Hall–Kier alpha value is -1.17. The molecule has 1 fully saturated rings. The highest BCUT2D eigenvalue weighted by Crippen LogP contribution is 2.24. The zero-order valence-corrected chi connectivity index (χ0v) is 12.7. The predicted molar refractivity (Wildman–Crippen MR) is 84.6 cm³/mol. The van der Waals surface area contributed by atoms with Gasteiger partial charge in [-0.3, -0.25) is 9.69 Å². The van der Waals surface area contributed by atoms with Gasteiger partial charge in [0, 0.05) is 17.1 Å². The fourth-order valence-electron chi connectivity index (χ4n) is 2.55. The number of nitrogens with zero attached hydrogens (tertiary/aromatic N) is 1. The maximum Gasteiger partial charge on any atom is 0.234 e. The molecule has 0 radical (unpaired) electrons. The minimum atomic E-state index is -0.263. The van der Waals surface area contributed by atoms with E-state index in [1.807, 2.05) is 12.1 Å². The Bertz CT molecular complexity index is 535. The Labute approximate surface area is 129 Å². The molecule has 1 aliphatic rings. The van der Waals surface area contributed by atoms with Gasteiger partial charge in [0.15, 0.2) is 0 Å². The van der Waals surface area contributed by atoms with E-state index in [0.29, 0.717) is 16.6 Å². The van der Waals surface area contributed by atoms with E-state index in [4.69, 9.17) is 35.3 Å². The van der Waals surface area contributed by atoms with Gasteiger partial charge < -0.3 is 11.5 Å². The van der Waals surface area contributed by atoms with E-state index in [1.165, 1.54) is 0 Å². The number of hydrogen-bond donors (Lipinski definition) is 2. The molecule has 1 aromatic carbocycles. The molecule has 4 N–H and O–H groups in total. The van der Waals surface area contributed by atoms with E-state index in [0.717, 1.165) is 36.9 Å². The first-order chi connectivity index (χ1) is 9.49. The van der Waals surface area contributed by atoms with Gasteiger partial charge in [0.25, 0.3) is 0 Å². The molecule has 1 heterocycles. The maximum atomic E-state index is 11.5. The summed E-state index contributed by atoms with van der Waals surface area (Å²) in [5.41, 5.74) is 12.8. The summed E-state index contributed by atoms with van der Waals surface area (Å²) >= 11 is 11.2. The van der Waals surface area contributed by atoms with Gasteiger partial charge in [0.2, 0.25) is 5.91 Å². The second kappa shape index (κ2) is 6.52. The van der Waals surface area contributed by atoms with Crippen molar-refractivity contribution in [1.29, 1.82) is 0 Å². The van der Waals surface area contributed by atoms with Crippen LogP contribution in [0, 0.1) is 0 Å². The molecule has 1 amide bonds. The molecule has 1 saturated heterocycles. The topological polar surface area (TPSA) is 72.4 Å². The smallest absolute Gasteiger partial charge is 0.234 e. The van der Waals surface area contributed by atoms with Crippen LogP contribution < -0.4 is 11.5 Å². The molecule has 0 bridgehead atoms. The number of carbonyl (C=O) groups is 1. The number of likely N-dealkylation sites (tertiary alicyclic amines) is 1. The fraction of sp³-hybridized carbons (Fsp3) is 0.429. The van der Waals surface area contributed by atoms with Gasteiger partial charge in [-0.05, 0) is 31.0 Å². The molecule has 0 aromatic heterocycles. The van der Waals surface area contributed by atoms with Gasteiger partial charge in [-0.15, -0.1) is 0 Å². The molecule has 20 heavy (non-hydrogen) atoms. The lowest BCUT2D eigenvalue weighted by molar-refractivity contribution is -0.124. The third-order valence-corrected chi connectivity index (χ3v) is 4.24. The summed E-state index contributed by atoms with van der Waals surface area (Å²) in [7, 11) is 0. The molecule has 1 unspecified atom stereocenters. The van der Waals surface area contributed by atoms with E-state index in [2.05, 4.69) is 4.90 Å². The number of piperidine rings is 1. The number of benzene rings is 1. The first-order valence-corrected chi connectivity index (χ1v) is 7.39. The standard InChI is InChI=1S/C14H18ClN3OS/c15-11-7-9(14(17)20)4-5-10(11)8-18-6-2-1-3-12(18)13(16)19/h4-5,7,12H,1-3,6,8H2,(H2,16,19)(H2,17,20). The second-order valence-corrected chi connectivity index (χ2v) is 5.90. The van der Waals surface area contributed by atoms with Gasteiger partial charge >= 0.3 is 0 Å². The van der Waals surface area contributed by atoms with E-state index in [9.17, 15) is 4.79 Å². The molecule has 6 heteroatoms. The van der Waals surface area contributed by atoms with Crippen molar-refractivity contribution in [3.8, 4) is 0 Å². The van der Waals surface area contributed by atoms with Crippen LogP contribution in [0.15, 0.2) is 18.2 Å². The van der Waals surface area contributed by atoms with Crippen molar-refractivity contribution in [3.05, 3.63) is 34.3 Å². The minimum Gasteiger partial charge on any atom is -0.389 e. The normalized spacial score (nSPS) is 19.8. The Morgan fingerprint density at radius 1 is 1.40 bits per heavy atom. The lowest BCUT2D eigenvalue weighted by atomic mass is 10.0. The Balaban J connectivity index is 2.16. The minimum absolute atomic E-state index is 0.199. The lowest BCUT2D eigenvalue weighted by Gasteiger charge is -2.33. The van der Waals surface area contributed by atoms with E-state index >= 15 is 0 Å². The van der Waals surface area contributed by atoms with Gasteiger partial charge in [0.05, 0.1) is 6.04 Å². The van der Waals surface area contributed by atoms with Crippen molar-refractivity contribution in [2.24, 2.45) is 11.5 Å². The molecule has 1 aromatic rings. The van der Waals surface area contributed by atoms with Crippen molar-refractivity contribution in [2.75, 3.05) is 6.54 Å². The largest absolute Gasteiger partial charge is 0.389 e. The van der Waals surface area contributed by atoms with Crippen LogP contribution in [0.25, 0.3) is 0 Å². The van der Waals surface area contributed by atoms with E-state index in [1.54, 1.807) is 6.07 Å². The van der Waals surface area contributed by atoms with Crippen molar-refractivity contribution in [2.45, 2.75) is 31.8 Å². The summed E-state index contributed by atoms with van der Waals surface area (Å²) < 4.78 is 0. The lowest BCUT2D eigenvalue weighted by Crippen LogP contribution is -2.47. The predicted octanol–water partition coefficient (Wildman–Crippen LogP) is 1.81. The average Bonchev–Trinajstić information content (AvgIpc) is 2.41. The van der Waals surface area contributed by atoms with Crippen LogP contribution in [-0.2, 0) is 11.3 Å². The van der Waals surface area contributed by atoms with Gasteiger partial charge in [-0.2, -0.15) is 0 Å². The molecule has 1 aliphatic heterocycles. The number of rotatable bonds is 4. The molecule has 0 saturated carbocycles. The van der Waals surface area contributed by atoms with Crippen LogP contribution in [0.3, 0.4) is 0 Å². The molecule has 0 spiro atoms. The van der Waals surface area contributed by atoms with Crippen LogP contribution >= 0.6 is 23.8 Å². The summed E-state index contributed by atoms with van der Waals surface area (Å²) in [6, 6.07) is 5.33. The first kappa shape index (κ1) is 15.2. The molecular weight excluding hydrogens is 294 g/mol. The number of amides is 1. The summed E-state index contributed by atoms with van der Waals surface area (Å²) in [6.45, 7) is 1.48. The number of thiocarbonyl (C=S) groups is 1. The maximum absolute atomic E-state index is 11.5. The molecule has 2 rings (SSSR count). The van der Waals surface area contributed by atoms with Crippen molar-refractivity contribution in [1.82, 2.24) is 4.90 Å². The van der Waals surface area contributed by atoms with Crippen molar-refractivity contribution in [3.63, 3.8) is 0 Å². The summed E-state index contributed by atoms with van der Waals surface area (Å²) in [6.07, 6.45) is 2.93. The monoisotopic (exact) mass is 311 g/mol. The van der Waals surface area contributed by atoms with Gasteiger partial charge in [0.1, 0.15) is 4.99 Å². The molecular formula is C14H18ClN3OS. The van der Waals surface area contributed by atoms with Gasteiger partial charge in [-0.25, -0.2) is 0 Å². The highest BCUT2D eigenvalue weighted by Gasteiger charge is 2.27. The quantitative estimate of drug-likeness (QED) is 0.832. The summed E-state index contributed by atoms with van der Waals surface area (Å²) in [4.78, 5) is 13.9. The average molecular weight is 312 g/mol. The third-order valence-electron chi connectivity index (χ3n) is 3.65. The van der Waals surface area contributed by atoms with Crippen LogP contribution in [0.4, 0.5) is 0 Å². The molecule has 4 nitrogen and oxygen atoms in total.